The molecule has 0 aliphatic heterocycles. The molecule has 3 heteroatoms. The summed E-state index contributed by atoms with van der Waals surface area (Å²) in [6, 6.07) is 6.82. The van der Waals surface area contributed by atoms with Crippen molar-refractivity contribution in [3.63, 3.8) is 0 Å². The van der Waals surface area contributed by atoms with E-state index in [2.05, 4.69) is 44.3 Å². The van der Waals surface area contributed by atoms with Gasteiger partial charge in [-0.2, -0.15) is 0 Å². The molecule has 114 valence electrons. The Kier molecular flexibility index (Phi) is 7.82. The monoisotopic (exact) mass is 279 g/mol. The molecule has 0 spiro atoms. The van der Waals surface area contributed by atoms with Gasteiger partial charge in [-0.1, -0.05) is 25.1 Å². The predicted molar refractivity (Wildman–Crippen MR) is 84.1 cm³/mol. The van der Waals surface area contributed by atoms with Gasteiger partial charge in [-0.3, -0.25) is 0 Å². The Hall–Kier alpha value is -0.900. The Morgan fingerprint density at radius 1 is 1.00 bits per heavy atom. The van der Waals surface area contributed by atoms with Crippen LogP contribution in [-0.4, -0.2) is 32.1 Å². The van der Waals surface area contributed by atoms with E-state index in [1.807, 2.05) is 13.8 Å². The van der Waals surface area contributed by atoms with Gasteiger partial charge in [0.05, 0.1) is 6.04 Å². The molecule has 0 fully saturated rings. The van der Waals surface area contributed by atoms with Crippen molar-refractivity contribution in [3.8, 4) is 0 Å². The van der Waals surface area contributed by atoms with Gasteiger partial charge in [-0.05, 0) is 57.4 Å². The van der Waals surface area contributed by atoms with E-state index < -0.39 is 0 Å². The lowest BCUT2D eigenvalue weighted by Gasteiger charge is -2.27. The molecule has 0 aliphatic rings. The van der Waals surface area contributed by atoms with Crippen LogP contribution in [0.1, 0.15) is 37.5 Å². The molecule has 0 aliphatic carbocycles. The fraction of sp³-hybridized carbons (Fsp3) is 0.647. The Balaban J connectivity index is 2.80. The first-order chi connectivity index (χ1) is 9.62. The quantitative estimate of drug-likeness (QED) is 0.704. The summed E-state index contributed by atoms with van der Waals surface area (Å²) in [4.78, 5) is 0. The van der Waals surface area contributed by atoms with Gasteiger partial charge in [0.25, 0.3) is 0 Å². The third-order valence-corrected chi connectivity index (χ3v) is 3.48. The average molecular weight is 279 g/mol. The second-order valence-corrected chi connectivity index (χ2v) is 5.07. The molecule has 0 saturated carbocycles. The zero-order valence-electron chi connectivity index (χ0n) is 13.5. The van der Waals surface area contributed by atoms with Crippen molar-refractivity contribution in [2.75, 3.05) is 19.8 Å². The van der Waals surface area contributed by atoms with E-state index in [1.165, 1.54) is 16.7 Å². The molecule has 1 rings (SSSR count). The first kappa shape index (κ1) is 17.2. The molecular formula is C17H29NO2. The van der Waals surface area contributed by atoms with Crippen molar-refractivity contribution >= 4 is 0 Å². The second kappa shape index (κ2) is 9.11. The van der Waals surface area contributed by atoms with Crippen molar-refractivity contribution in [1.29, 1.82) is 0 Å². The molecule has 0 bridgehead atoms. The van der Waals surface area contributed by atoms with Gasteiger partial charge in [-0.15, -0.1) is 0 Å². The third-order valence-electron chi connectivity index (χ3n) is 3.48. The van der Waals surface area contributed by atoms with E-state index in [4.69, 9.17) is 9.47 Å². The van der Waals surface area contributed by atoms with E-state index in [0.29, 0.717) is 13.2 Å². The van der Waals surface area contributed by atoms with Crippen molar-refractivity contribution in [1.82, 2.24) is 5.32 Å². The van der Waals surface area contributed by atoms with E-state index in [1.54, 1.807) is 0 Å². The first-order valence-corrected chi connectivity index (χ1v) is 7.65. The number of ether oxygens (including phenoxy) is 2. The fourth-order valence-corrected chi connectivity index (χ4v) is 2.32. The van der Waals surface area contributed by atoms with Crippen LogP contribution < -0.4 is 5.32 Å². The molecule has 0 radical (unpaired) electrons. The van der Waals surface area contributed by atoms with Gasteiger partial charge in [0.2, 0.25) is 0 Å². The van der Waals surface area contributed by atoms with Crippen LogP contribution in [-0.2, 0) is 15.9 Å². The molecule has 1 unspecified atom stereocenters. The van der Waals surface area contributed by atoms with Crippen molar-refractivity contribution < 1.29 is 9.47 Å². The highest BCUT2D eigenvalue weighted by atomic mass is 16.7. The average Bonchev–Trinajstić information content (AvgIpc) is 2.42. The SMILES string of the molecule is CCNC(Cc1ccc(C)c(C)c1)C(OCC)OCC. The molecule has 0 heterocycles. The summed E-state index contributed by atoms with van der Waals surface area (Å²) in [5, 5.41) is 3.48. The lowest BCUT2D eigenvalue weighted by atomic mass is 10.0. The first-order valence-electron chi connectivity index (χ1n) is 7.65. The standard InChI is InChI=1S/C17H29NO2/c1-6-18-16(17(19-7-2)20-8-3)12-15-10-9-13(4)14(5)11-15/h9-11,16-18H,6-8,12H2,1-5H3. The van der Waals surface area contributed by atoms with E-state index in [0.717, 1.165) is 13.0 Å². The summed E-state index contributed by atoms with van der Waals surface area (Å²) in [5.41, 5.74) is 3.99. The van der Waals surface area contributed by atoms with E-state index in [-0.39, 0.29) is 12.3 Å². The fourth-order valence-electron chi connectivity index (χ4n) is 2.32. The molecule has 0 saturated heterocycles. The Labute approximate surface area is 123 Å². The molecule has 1 aromatic carbocycles. The number of likely N-dealkylation sites (N-methyl/N-ethyl adjacent to an activating group) is 1. The minimum atomic E-state index is -0.188. The number of benzene rings is 1. The number of aryl methyl sites for hydroxylation is 2. The van der Waals surface area contributed by atoms with Crippen LogP contribution in [0.3, 0.4) is 0 Å². The zero-order valence-corrected chi connectivity index (χ0v) is 13.5. The summed E-state index contributed by atoms with van der Waals surface area (Å²) in [6.45, 7) is 12.7. The highest BCUT2D eigenvalue weighted by molar-refractivity contribution is 5.30. The smallest absolute Gasteiger partial charge is 0.172 e. The minimum absolute atomic E-state index is 0.182. The summed E-state index contributed by atoms with van der Waals surface area (Å²) >= 11 is 0. The molecule has 20 heavy (non-hydrogen) atoms. The second-order valence-electron chi connectivity index (χ2n) is 5.07. The molecule has 3 nitrogen and oxygen atoms in total. The minimum Gasteiger partial charge on any atom is -0.351 e. The maximum absolute atomic E-state index is 5.74. The topological polar surface area (TPSA) is 30.5 Å². The molecule has 1 atom stereocenters. The van der Waals surface area contributed by atoms with Crippen molar-refractivity contribution in [2.45, 2.75) is 53.4 Å². The van der Waals surface area contributed by atoms with Crippen molar-refractivity contribution in [3.05, 3.63) is 34.9 Å². The predicted octanol–water partition coefficient (Wildman–Crippen LogP) is 3.22. The van der Waals surface area contributed by atoms with Gasteiger partial charge in [0.1, 0.15) is 0 Å². The molecular weight excluding hydrogens is 250 g/mol. The van der Waals surface area contributed by atoms with Crippen molar-refractivity contribution in [2.24, 2.45) is 0 Å². The highest BCUT2D eigenvalue weighted by Crippen LogP contribution is 2.14. The summed E-state index contributed by atoms with van der Waals surface area (Å²) < 4.78 is 11.5. The number of rotatable bonds is 9. The van der Waals surface area contributed by atoms with Gasteiger partial charge in [-0.25, -0.2) is 0 Å². The molecule has 0 amide bonds. The Bertz CT molecular complexity index is 387. The number of hydrogen-bond donors (Lipinski definition) is 1. The van der Waals surface area contributed by atoms with Crippen LogP contribution in [0.25, 0.3) is 0 Å². The van der Waals surface area contributed by atoms with Gasteiger partial charge in [0, 0.05) is 13.2 Å². The van der Waals surface area contributed by atoms with Crippen LogP contribution in [0.15, 0.2) is 18.2 Å². The normalized spacial score (nSPS) is 12.9. The Morgan fingerprint density at radius 3 is 2.15 bits per heavy atom. The van der Waals surface area contributed by atoms with Gasteiger partial charge in [0.15, 0.2) is 6.29 Å². The van der Waals surface area contributed by atoms with Crippen LogP contribution in [0.5, 0.6) is 0 Å². The van der Waals surface area contributed by atoms with E-state index in [9.17, 15) is 0 Å². The zero-order chi connectivity index (χ0) is 15.0. The number of hydrogen-bond acceptors (Lipinski definition) is 3. The largest absolute Gasteiger partial charge is 0.351 e. The molecule has 1 aromatic rings. The lowest BCUT2D eigenvalue weighted by molar-refractivity contribution is -0.153. The van der Waals surface area contributed by atoms with Crippen LogP contribution in [0, 0.1) is 13.8 Å². The maximum Gasteiger partial charge on any atom is 0.172 e. The van der Waals surface area contributed by atoms with Gasteiger partial charge >= 0.3 is 0 Å². The highest BCUT2D eigenvalue weighted by Gasteiger charge is 2.21. The summed E-state index contributed by atoms with van der Waals surface area (Å²) in [7, 11) is 0. The van der Waals surface area contributed by atoms with E-state index >= 15 is 0 Å². The van der Waals surface area contributed by atoms with Gasteiger partial charge < -0.3 is 14.8 Å². The van der Waals surface area contributed by atoms with Crippen LogP contribution >= 0.6 is 0 Å². The Morgan fingerprint density at radius 2 is 1.65 bits per heavy atom. The van der Waals surface area contributed by atoms with Crippen LogP contribution in [0.2, 0.25) is 0 Å². The molecule has 1 N–H and O–H groups in total. The van der Waals surface area contributed by atoms with Crippen LogP contribution in [0.4, 0.5) is 0 Å². The lowest BCUT2D eigenvalue weighted by Crippen LogP contribution is -2.44. The third kappa shape index (κ3) is 5.23. The molecule has 0 aromatic heterocycles. The maximum atomic E-state index is 5.74. The summed E-state index contributed by atoms with van der Waals surface area (Å²) in [6.07, 6.45) is 0.728. The summed E-state index contributed by atoms with van der Waals surface area (Å²) in [5.74, 6) is 0. The number of nitrogens with one attached hydrogen (secondary N) is 1.